The molecule has 0 bridgehead atoms. The van der Waals surface area contributed by atoms with E-state index in [2.05, 4.69) is 29.3 Å². The summed E-state index contributed by atoms with van der Waals surface area (Å²) in [6.45, 7) is 4.00. The maximum atomic E-state index is 11.6. The van der Waals surface area contributed by atoms with Crippen molar-refractivity contribution >= 4 is 11.6 Å². The Labute approximate surface area is 130 Å². The van der Waals surface area contributed by atoms with Gasteiger partial charge in [-0.1, -0.05) is 6.07 Å². The summed E-state index contributed by atoms with van der Waals surface area (Å²) < 4.78 is 6.74. The molecule has 5 nitrogen and oxygen atoms in total. The molecule has 22 heavy (non-hydrogen) atoms. The summed E-state index contributed by atoms with van der Waals surface area (Å²) in [5, 5.41) is 4.42. The van der Waals surface area contributed by atoms with Crippen LogP contribution in [0.3, 0.4) is 0 Å². The first-order chi connectivity index (χ1) is 10.6. The second kappa shape index (κ2) is 6.07. The molecule has 0 spiro atoms. The number of hydrogen-bond donors (Lipinski definition) is 0. The molecule has 2 aromatic heterocycles. The Morgan fingerprint density at radius 1 is 1.32 bits per heavy atom. The lowest BCUT2D eigenvalue weighted by Crippen LogP contribution is -2.23. The molecule has 118 valence electrons. The Bertz CT molecular complexity index is 685. The number of fused-ring (bicyclic) bond motifs is 1. The van der Waals surface area contributed by atoms with Crippen LogP contribution in [0.4, 0.5) is 0 Å². The van der Waals surface area contributed by atoms with Crippen molar-refractivity contribution in [2.45, 2.75) is 46.0 Å². The van der Waals surface area contributed by atoms with Crippen LogP contribution < -0.4 is 0 Å². The molecule has 0 N–H and O–H groups in total. The van der Waals surface area contributed by atoms with Crippen molar-refractivity contribution in [3.8, 4) is 0 Å². The van der Waals surface area contributed by atoms with Gasteiger partial charge in [-0.15, -0.1) is 0 Å². The van der Waals surface area contributed by atoms with Gasteiger partial charge in [0.05, 0.1) is 13.0 Å². The normalized spacial score (nSPS) is 22.0. The summed E-state index contributed by atoms with van der Waals surface area (Å²) in [5.74, 6) is 1.50. The van der Waals surface area contributed by atoms with Gasteiger partial charge in [-0.2, -0.15) is 5.10 Å². The molecule has 0 atom stereocenters. The van der Waals surface area contributed by atoms with E-state index in [1.165, 1.54) is 18.2 Å². The number of nitrogens with zero attached hydrogens (tertiary/aromatic N) is 3. The van der Waals surface area contributed by atoms with E-state index >= 15 is 0 Å². The number of hydrogen-bond acceptors (Lipinski definition) is 4. The topological polar surface area (TPSA) is 56.5 Å². The average molecular weight is 301 g/mol. The maximum Gasteiger partial charge on any atom is 0.308 e. The molecule has 1 fully saturated rings. The smallest absolute Gasteiger partial charge is 0.308 e. The lowest BCUT2D eigenvalue weighted by molar-refractivity contribution is -0.146. The van der Waals surface area contributed by atoms with Crippen LogP contribution in [-0.4, -0.2) is 27.7 Å². The van der Waals surface area contributed by atoms with Gasteiger partial charge in [-0.3, -0.25) is 4.79 Å². The van der Waals surface area contributed by atoms with E-state index in [4.69, 9.17) is 4.74 Å². The lowest BCUT2D eigenvalue weighted by atomic mass is 9.79. The van der Waals surface area contributed by atoms with E-state index in [1.54, 1.807) is 0 Å². The summed E-state index contributed by atoms with van der Waals surface area (Å²) in [4.78, 5) is 16.0. The van der Waals surface area contributed by atoms with E-state index in [-0.39, 0.29) is 11.9 Å². The molecule has 0 aromatic carbocycles. The fourth-order valence-corrected chi connectivity index (χ4v) is 3.54. The lowest BCUT2D eigenvalue weighted by Gasteiger charge is -2.27. The molecular weight excluding hydrogens is 278 g/mol. The molecule has 2 heterocycles. The SMILES string of the molecule is COC(=O)[C@H]1CC[C@H](Cc2cc(C)c3nc(C)nn3c2)CC1. The van der Waals surface area contributed by atoms with Crippen molar-refractivity contribution in [1.82, 2.24) is 14.6 Å². The molecule has 1 aliphatic carbocycles. The van der Waals surface area contributed by atoms with Gasteiger partial charge in [-0.25, -0.2) is 9.50 Å². The largest absolute Gasteiger partial charge is 0.469 e. The minimum atomic E-state index is -0.0474. The molecule has 0 aliphatic heterocycles. The second-order valence-corrected chi connectivity index (χ2v) is 6.40. The zero-order chi connectivity index (χ0) is 15.7. The molecule has 1 saturated carbocycles. The van der Waals surface area contributed by atoms with Gasteiger partial charge >= 0.3 is 5.97 Å². The third-order valence-electron chi connectivity index (χ3n) is 4.69. The Balaban J connectivity index is 1.68. The number of methoxy groups -OCH3 is 1. The van der Waals surface area contributed by atoms with E-state index in [0.29, 0.717) is 5.92 Å². The molecule has 0 unspecified atom stereocenters. The first kappa shape index (κ1) is 15.0. The van der Waals surface area contributed by atoms with Gasteiger partial charge in [0.1, 0.15) is 5.82 Å². The van der Waals surface area contributed by atoms with Gasteiger partial charge in [0, 0.05) is 6.20 Å². The van der Waals surface area contributed by atoms with Crippen molar-refractivity contribution in [1.29, 1.82) is 0 Å². The Kier molecular flexibility index (Phi) is 4.14. The summed E-state index contributed by atoms with van der Waals surface area (Å²) in [6, 6.07) is 2.22. The van der Waals surface area contributed by atoms with E-state index < -0.39 is 0 Å². The highest BCUT2D eigenvalue weighted by Gasteiger charge is 2.27. The van der Waals surface area contributed by atoms with Crippen LogP contribution in [0.2, 0.25) is 0 Å². The van der Waals surface area contributed by atoms with Gasteiger partial charge < -0.3 is 4.74 Å². The van der Waals surface area contributed by atoms with Crippen molar-refractivity contribution in [3.63, 3.8) is 0 Å². The van der Waals surface area contributed by atoms with Gasteiger partial charge in [0.25, 0.3) is 0 Å². The van der Waals surface area contributed by atoms with Gasteiger partial charge in [0.15, 0.2) is 5.65 Å². The van der Waals surface area contributed by atoms with Crippen LogP contribution in [0.15, 0.2) is 12.3 Å². The Morgan fingerprint density at radius 3 is 2.73 bits per heavy atom. The highest BCUT2D eigenvalue weighted by Crippen LogP contribution is 2.32. The summed E-state index contributed by atoms with van der Waals surface area (Å²) in [7, 11) is 1.48. The van der Waals surface area contributed by atoms with E-state index in [1.807, 2.05) is 11.4 Å². The Hall–Kier alpha value is -1.91. The van der Waals surface area contributed by atoms with E-state index in [0.717, 1.165) is 43.6 Å². The van der Waals surface area contributed by atoms with Crippen LogP contribution in [-0.2, 0) is 16.0 Å². The number of ether oxygens (including phenoxy) is 1. The summed E-state index contributed by atoms with van der Waals surface area (Å²) in [6.07, 6.45) is 7.21. The molecule has 2 aromatic rings. The molecule has 0 saturated heterocycles. The average Bonchev–Trinajstić information content (AvgIpc) is 2.88. The predicted octanol–water partition coefficient (Wildman–Crippen LogP) is 2.87. The van der Waals surface area contributed by atoms with Crippen molar-refractivity contribution in [2.75, 3.05) is 7.11 Å². The predicted molar refractivity (Wildman–Crippen MR) is 83.6 cm³/mol. The van der Waals surface area contributed by atoms with Crippen molar-refractivity contribution in [2.24, 2.45) is 11.8 Å². The number of carbonyl (C=O) groups excluding carboxylic acids is 1. The van der Waals surface area contributed by atoms with Crippen LogP contribution in [0.5, 0.6) is 0 Å². The standard InChI is InChI=1S/C17H23N3O2/c1-11-8-14(10-20-16(11)18-12(2)19-20)9-13-4-6-15(7-5-13)17(21)22-3/h8,10,13,15H,4-7,9H2,1-3H3/t13-,15-. The monoisotopic (exact) mass is 301 g/mol. The fraction of sp³-hybridized carbons (Fsp3) is 0.588. The quantitative estimate of drug-likeness (QED) is 0.818. The minimum Gasteiger partial charge on any atom is -0.469 e. The number of aryl methyl sites for hydroxylation is 2. The number of aromatic nitrogens is 3. The molecule has 0 amide bonds. The molecule has 1 aliphatic rings. The van der Waals surface area contributed by atoms with Crippen molar-refractivity contribution in [3.05, 3.63) is 29.2 Å². The van der Waals surface area contributed by atoms with Crippen molar-refractivity contribution < 1.29 is 9.53 Å². The highest BCUT2D eigenvalue weighted by molar-refractivity contribution is 5.72. The number of pyridine rings is 1. The third-order valence-corrected chi connectivity index (χ3v) is 4.69. The zero-order valence-corrected chi connectivity index (χ0v) is 13.5. The number of carbonyl (C=O) groups is 1. The fourth-order valence-electron chi connectivity index (χ4n) is 3.54. The van der Waals surface area contributed by atoms with Gasteiger partial charge in [0.2, 0.25) is 0 Å². The highest BCUT2D eigenvalue weighted by atomic mass is 16.5. The summed E-state index contributed by atoms with van der Waals surface area (Å²) in [5.41, 5.74) is 3.41. The number of esters is 1. The minimum absolute atomic E-state index is 0.0474. The van der Waals surface area contributed by atoms with Crippen LogP contribution in [0.25, 0.3) is 5.65 Å². The second-order valence-electron chi connectivity index (χ2n) is 6.40. The van der Waals surface area contributed by atoms with Crippen LogP contribution >= 0.6 is 0 Å². The molecule has 0 radical (unpaired) electrons. The maximum absolute atomic E-state index is 11.6. The molecule has 5 heteroatoms. The third kappa shape index (κ3) is 2.98. The molecular formula is C17H23N3O2. The number of rotatable bonds is 3. The first-order valence-electron chi connectivity index (χ1n) is 7.97. The van der Waals surface area contributed by atoms with Crippen LogP contribution in [0.1, 0.15) is 42.6 Å². The first-order valence-corrected chi connectivity index (χ1v) is 7.97. The zero-order valence-electron chi connectivity index (χ0n) is 13.5. The van der Waals surface area contributed by atoms with Gasteiger partial charge in [-0.05, 0) is 63.0 Å². The Morgan fingerprint density at radius 2 is 2.05 bits per heavy atom. The van der Waals surface area contributed by atoms with Crippen LogP contribution in [0, 0.1) is 25.7 Å². The summed E-state index contributed by atoms with van der Waals surface area (Å²) >= 11 is 0. The molecule has 3 rings (SSSR count). The van der Waals surface area contributed by atoms with E-state index in [9.17, 15) is 4.79 Å².